The van der Waals surface area contributed by atoms with Gasteiger partial charge in [-0.3, -0.25) is 0 Å². The molecule has 30 heavy (non-hydrogen) atoms. The van der Waals surface area contributed by atoms with Crippen LogP contribution in [0.1, 0.15) is 102 Å². The highest BCUT2D eigenvalue weighted by Gasteiger charge is 2.20. The third-order valence-corrected chi connectivity index (χ3v) is 4.52. The van der Waals surface area contributed by atoms with E-state index in [9.17, 15) is 9.59 Å². The van der Waals surface area contributed by atoms with Crippen LogP contribution in [0.2, 0.25) is 0 Å². The van der Waals surface area contributed by atoms with Gasteiger partial charge < -0.3 is 19.0 Å². The third-order valence-electron chi connectivity index (χ3n) is 4.52. The number of nitrogens with zero attached hydrogens (tertiary/aromatic N) is 1. The number of aromatic nitrogens is 1. The van der Waals surface area contributed by atoms with Gasteiger partial charge in [-0.05, 0) is 27.2 Å². The van der Waals surface area contributed by atoms with E-state index in [1.807, 2.05) is 0 Å². The molecule has 1 rings (SSSR count). The summed E-state index contributed by atoms with van der Waals surface area (Å²) in [6.45, 7) is 8.13. The standard InChI is InChI=1S/C23H39NO6/c1-5-7-8-9-10-11-12-13-14-15-16-28-20-17-21(22(25)27-6-2)24(18-20)30-23(26)29-19(3)4/h17-19H,5-16H2,1-4H3. The molecule has 0 spiro atoms. The smallest absolute Gasteiger partial charge is 0.492 e. The van der Waals surface area contributed by atoms with Crippen LogP contribution in [0.5, 0.6) is 5.75 Å². The van der Waals surface area contributed by atoms with Crippen LogP contribution in [0, 0.1) is 0 Å². The van der Waals surface area contributed by atoms with Crippen LogP contribution >= 0.6 is 0 Å². The second-order valence-corrected chi connectivity index (χ2v) is 7.65. The number of hydrogen-bond donors (Lipinski definition) is 0. The zero-order valence-electron chi connectivity index (χ0n) is 19.1. The minimum atomic E-state index is -0.896. The fourth-order valence-electron chi connectivity index (χ4n) is 3.00. The first-order valence-corrected chi connectivity index (χ1v) is 11.4. The van der Waals surface area contributed by atoms with E-state index < -0.39 is 12.1 Å². The molecule has 0 bridgehead atoms. The molecule has 0 atom stereocenters. The van der Waals surface area contributed by atoms with Crippen molar-refractivity contribution < 1.29 is 28.6 Å². The zero-order chi connectivity index (χ0) is 22.2. The van der Waals surface area contributed by atoms with E-state index in [2.05, 4.69) is 6.92 Å². The lowest BCUT2D eigenvalue weighted by molar-refractivity contribution is 0.0227. The van der Waals surface area contributed by atoms with Crippen LogP contribution in [0.25, 0.3) is 0 Å². The molecule has 7 heteroatoms. The van der Waals surface area contributed by atoms with E-state index in [4.69, 9.17) is 19.0 Å². The Hall–Kier alpha value is -2.18. The van der Waals surface area contributed by atoms with Crippen molar-refractivity contribution in [1.82, 2.24) is 4.73 Å². The maximum Gasteiger partial charge on any atom is 0.534 e. The maximum atomic E-state index is 12.1. The number of hydrogen-bond acceptors (Lipinski definition) is 6. The van der Waals surface area contributed by atoms with Gasteiger partial charge in [-0.1, -0.05) is 64.7 Å². The second kappa shape index (κ2) is 15.6. The fraction of sp³-hybridized carbons (Fsp3) is 0.739. The minimum absolute atomic E-state index is 0.0793. The summed E-state index contributed by atoms with van der Waals surface area (Å²) in [4.78, 5) is 29.0. The van der Waals surface area contributed by atoms with Gasteiger partial charge in [-0.2, -0.15) is 4.73 Å². The summed E-state index contributed by atoms with van der Waals surface area (Å²) >= 11 is 0. The molecule has 1 heterocycles. The van der Waals surface area contributed by atoms with Crippen molar-refractivity contribution in [2.24, 2.45) is 0 Å². The molecule has 0 aromatic carbocycles. The van der Waals surface area contributed by atoms with Crippen molar-refractivity contribution >= 4 is 12.1 Å². The van der Waals surface area contributed by atoms with Crippen molar-refractivity contribution in [2.75, 3.05) is 13.2 Å². The van der Waals surface area contributed by atoms with Gasteiger partial charge in [0.2, 0.25) is 0 Å². The third kappa shape index (κ3) is 11.1. The van der Waals surface area contributed by atoms with Crippen molar-refractivity contribution in [2.45, 2.75) is 98.0 Å². The summed E-state index contributed by atoms with van der Waals surface area (Å²) in [6, 6.07) is 1.51. The number of ether oxygens (including phenoxy) is 3. The van der Waals surface area contributed by atoms with E-state index in [0.29, 0.717) is 12.4 Å². The summed E-state index contributed by atoms with van der Waals surface area (Å²) in [5.41, 5.74) is 0.0793. The summed E-state index contributed by atoms with van der Waals surface area (Å²) in [7, 11) is 0. The highest BCUT2D eigenvalue weighted by Crippen LogP contribution is 2.18. The van der Waals surface area contributed by atoms with Crippen LogP contribution in [0.3, 0.4) is 0 Å². The van der Waals surface area contributed by atoms with E-state index in [0.717, 1.165) is 17.6 Å². The maximum absolute atomic E-state index is 12.1. The Morgan fingerprint density at radius 1 is 0.933 bits per heavy atom. The number of carbonyl (C=O) groups excluding carboxylic acids is 2. The lowest BCUT2D eigenvalue weighted by Crippen LogP contribution is -2.26. The van der Waals surface area contributed by atoms with E-state index in [1.165, 1.54) is 63.6 Å². The van der Waals surface area contributed by atoms with Crippen LogP contribution in [-0.4, -0.2) is 36.2 Å². The van der Waals surface area contributed by atoms with Crippen LogP contribution in [0.15, 0.2) is 12.3 Å². The number of carbonyl (C=O) groups is 2. The summed E-state index contributed by atoms with van der Waals surface area (Å²) in [6.07, 6.45) is 12.7. The van der Waals surface area contributed by atoms with E-state index in [-0.39, 0.29) is 18.4 Å². The van der Waals surface area contributed by atoms with Gasteiger partial charge in [0.15, 0.2) is 5.69 Å². The highest BCUT2D eigenvalue weighted by atomic mass is 16.8. The molecule has 0 aliphatic carbocycles. The van der Waals surface area contributed by atoms with E-state index >= 15 is 0 Å². The Kier molecular flexibility index (Phi) is 13.5. The van der Waals surface area contributed by atoms with Crippen LogP contribution < -0.4 is 9.57 Å². The molecule has 0 aliphatic heterocycles. The van der Waals surface area contributed by atoms with E-state index in [1.54, 1.807) is 20.8 Å². The molecule has 0 aliphatic rings. The average molecular weight is 426 g/mol. The van der Waals surface area contributed by atoms with Gasteiger partial charge in [-0.15, -0.1) is 0 Å². The Labute approximate surface area is 181 Å². The number of esters is 1. The number of unbranched alkanes of at least 4 members (excludes halogenated alkanes) is 9. The van der Waals surface area contributed by atoms with Crippen molar-refractivity contribution in [3.8, 4) is 5.75 Å². The predicted molar refractivity (Wildman–Crippen MR) is 116 cm³/mol. The first kappa shape index (κ1) is 25.9. The lowest BCUT2D eigenvalue weighted by Gasteiger charge is -2.10. The molecule has 1 aromatic heterocycles. The minimum Gasteiger partial charge on any atom is -0.492 e. The first-order chi connectivity index (χ1) is 14.5. The van der Waals surface area contributed by atoms with Crippen LogP contribution in [0.4, 0.5) is 4.79 Å². The van der Waals surface area contributed by atoms with Crippen molar-refractivity contribution in [3.63, 3.8) is 0 Å². The monoisotopic (exact) mass is 425 g/mol. The predicted octanol–water partition coefficient (Wildman–Crippen LogP) is 5.94. The molecule has 7 nitrogen and oxygen atoms in total. The molecule has 1 aromatic rings. The summed E-state index contributed by atoms with van der Waals surface area (Å²) < 4.78 is 16.7. The molecule has 0 fully saturated rings. The topological polar surface area (TPSA) is 76.0 Å². The van der Waals surface area contributed by atoms with Crippen molar-refractivity contribution in [1.29, 1.82) is 0 Å². The van der Waals surface area contributed by atoms with Gasteiger partial charge in [0.25, 0.3) is 0 Å². The van der Waals surface area contributed by atoms with Crippen molar-refractivity contribution in [3.05, 3.63) is 18.0 Å². The summed E-state index contributed by atoms with van der Waals surface area (Å²) in [5.74, 6) is -0.144. The van der Waals surface area contributed by atoms with Gasteiger partial charge in [0.1, 0.15) is 5.75 Å². The Balaban J connectivity index is 2.38. The van der Waals surface area contributed by atoms with Gasteiger partial charge in [0, 0.05) is 6.07 Å². The highest BCUT2D eigenvalue weighted by molar-refractivity contribution is 5.88. The summed E-state index contributed by atoms with van der Waals surface area (Å²) in [5, 5.41) is 0. The Morgan fingerprint density at radius 3 is 2.10 bits per heavy atom. The van der Waals surface area contributed by atoms with Gasteiger partial charge in [-0.25, -0.2) is 9.59 Å². The Bertz CT molecular complexity index is 611. The molecular formula is C23H39NO6. The first-order valence-electron chi connectivity index (χ1n) is 11.4. The molecule has 0 radical (unpaired) electrons. The van der Waals surface area contributed by atoms with Gasteiger partial charge in [0.05, 0.1) is 25.5 Å². The largest absolute Gasteiger partial charge is 0.534 e. The fourth-order valence-corrected chi connectivity index (χ4v) is 3.00. The molecular weight excluding hydrogens is 386 g/mol. The molecule has 0 unspecified atom stereocenters. The second-order valence-electron chi connectivity index (χ2n) is 7.65. The average Bonchev–Trinajstić information content (AvgIpc) is 3.08. The molecule has 0 saturated heterocycles. The molecule has 0 saturated carbocycles. The molecule has 172 valence electrons. The molecule has 0 amide bonds. The zero-order valence-corrected chi connectivity index (χ0v) is 19.1. The van der Waals surface area contributed by atoms with Crippen LogP contribution in [-0.2, 0) is 9.47 Å². The molecule has 0 N–H and O–H groups in total. The quantitative estimate of drug-likeness (QED) is 0.241. The normalized spacial score (nSPS) is 10.8. The lowest BCUT2D eigenvalue weighted by atomic mass is 10.1. The Morgan fingerprint density at radius 2 is 1.53 bits per heavy atom. The van der Waals surface area contributed by atoms with Gasteiger partial charge >= 0.3 is 12.1 Å². The SMILES string of the molecule is CCCCCCCCCCCCOc1cc(C(=O)OCC)n(OC(=O)OC(C)C)c1. The number of rotatable bonds is 16.